The van der Waals surface area contributed by atoms with Crippen molar-refractivity contribution in [3.05, 3.63) is 58.4 Å². The van der Waals surface area contributed by atoms with E-state index < -0.39 is 0 Å². The second kappa shape index (κ2) is 6.60. The van der Waals surface area contributed by atoms with Crippen LogP contribution < -0.4 is 0 Å². The minimum Gasteiger partial charge on any atom is -0.395 e. The van der Waals surface area contributed by atoms with Gasteiger partial charge in [0.2, 0.25) is 0 Å². The number of imidazole rings is 1. The SMILES string of the molecule is Cc1cn2c(CN(CCO)Cc3ccccc3)c(C)nc2s1. The monoisotopic (exact) mass is 315 g/mol. The van der Waals surface area contributed by atoms with Crippen LogP contribution in [-0.2, 0) is 13.1 Å². The van der Waals surface area contributed by atoms with Gasteiger partial charge in [-0.15, -0.1) is 11.3 Å². The molecule has 116 valence electrons. The Balaban J connectivity index is 1.84. The molecule has 1 aromatic carbocycles. The standard InChI is InChI=1S/C17H21N3OS/c1-13-10-20-16(14(2)18-17(20)22-13)12-19(8-9-21)11-15-6-4-3-5-7-15/h3-7,10,21H,8-9,11-12H2,1-2H3. The molecule has 4 nitrogen and oxygen atoms in total. The van der Waals surface area contributed by atoms with Crippen LogP contribution in [0.2, 0.25) is 0 Å². The number of fused-ring (bicyclic) bond motifs is 1. The Morgan fingerprint density at radius 1 is 1.18 bits per heavy atom. The summed E-state index contributed by atoms with van der Waals surface area (Å²) in [6, 6.07) is 10.4. The normalized spacial score (nSPS) is 11.6. The Labute approximate surface area is 134 Å². The first kappa shape index (κ1) is 15.2. The second-order valence-electron chi connectivity index (χ2n) is 5.56. The molecule has 0 saturated heterocycles. The van der Waals surface area contributed by atoms with Crippen molar-refractivity contribution in [1.29, 1.82) is 0 Å². The summed E-state index contributed by atoms with van der Waals surface area (Å²) >= 11 is 1.72. The molecular formula is C17H21N3OS. The van der Waals surface area contributed by atoms with Gasteiger partial charge < -0.3 is 5.11 Å². The van der Waals surface area contributed by atoms with Gasteiger partial charge >= 0.3 is 0 Å². The van der Waals surface area contributed by atoms with Gasteiger partial charge in [-0.2, -0.15) is 0 Å². The van der Waals surface area contributed by atoms with E-state index in [1.54, 1.807) is 11.3 Å². The number of thiazole rings is 1. The van der Waals surface area contributed by atoms with Crippen molar-refractivity contribution in [2.45, 2.75) is 26.9 Å². The molecule has 3 rings (SSSR count). The first-order chi connectivity index (χ1) is 10.7. The van der Waals surface area contributed by atoms with Gasteiger partial charge in [-0.05, 0) is 19.4 Å². The van der Waals surface area contributed by atoms with Crippen molar-refractivity contribution in [3.63, 3.8) is 0 Å². The Morgan fingerprint density at radius 3 is 2.68 bits per heavy atom. The minimum atomic E-state index is 0.163. The quantitative estimate of drug-likeness (QED) is 0.760. The zero-order valence-corrected chi connectivity index (χ0v) is 13.8. The lowest BCUT2D eigenvalue weighted by molar-refractivity contribution is 0.182. The maximum atomic E-state index is 9.37. The van der Waals surface area contributed by atoms with E-state index in [-0.39, 0.29) is 6.61 Å². The van der Waals surface area contributed by atoms with E-state index in [4.69, 9.17) is 0 Å². The van der Waals surface area contributed by atoms with Crippen LogP contribution in [-0.4, -0.2) is 32.5 Å². The third-order valence-corrected chi connectivity index (χ3v) is 4.68. The largest absolute Gasteiger partial charge is 0.395 e. The molecule has 3 aromatic rings. The molecule has 22 heavy (non-hydrogen) atoms. The Kier molecular flexibility index (Phi) is 4.57. The Hall–Kier alpha value is -1.69. The zero-order chi connectivity index (χ0) is 15.5. The molecule has 0 radical (unpaired) electrons. The van der Waals surface area contributed by atoms with Gasteiger partial charge in [0, 0.05) is 30.7 Å². The predicted octanol–water partition coefficient (Wildman–Crippen LogP) is 3.01. The maximum Gasteiger partial charge on any atom is 0.194 e. The minimum absolute atomic E-state index is 0.163. The summed E-state index contributed by atoms with van der Waals surface area (Å²) in [5.41, 5.74) is 3.54. The van der Waals surface area contributed by atoms with Gasteiger partial charge in [0.25, 0.3) is 0 Å². The molecule has 0 spiro atoms. The smallest absolute Gasteiger partial charge is 0.194 e. The van der Waals surface area contributed by atoms with Crippen LogP contribution in [0.25, 0.3) is 4.96 Å². The summed E-state index contributed by atoms with van der Waals surface area (Å²) in [6.07, 6.45) is 2.15. The fraction of sp³-hybridized carbons (Fsp3) is 0.353. The topological polar surface area (TPSA) is 40.8 Å². The van der Waals surface area contributed by atoms with E-state index in [1.807, 2.05) is 6.07 Å². The van der Waals surface area contributed by atoms with Crippen molar-refractivity contribution in [2.75, 3.05) is 13.2 Å². The number of rotatable bonds is 6. The summed E-state index contributed by atoms with van der Waals surface area (Å²) in [7, 11) is 0. The lowest BCUT2D eigenvalue weighted by Crippen LogP contribution is -2.27. The van der Waals surface area contributed by atoms with Crippen LogP contribution in [0, 0.1) is 13.8 Å². The summed E-state index contributed by atoms with van der Waals surface area (Å²) in [6.45, 7) is 6.61. The highest BCUT2D eigenvalue weighted by atomic mass is 32.1. The predicted molar refractivity (Wildman–Crippen MR) is 90.2 cm³/mol. The number of hydrogen-bond acceptors (Lipinski definition) is 4. The van der Waals surface area contributed by atoms with Gasteiger partial charge in [-0.1, -0.05) is 30.3 Å². The van der Waals surface area contributed by atoms with Crippen molar-refractivity contribution < 1.29 is 5.11 Å². The lowest BCUT2D eigenvalue weighted by Gasteiger charge is -2.21. The average molecular weight is 315 g/mol. The highest BCUT2D eigenvalue weighted by Crippen LogP contribution is 2.22. The third-order valence-electron chi connectivity index (χ3n) is 3.78. The second-order valence-corrected chi connectivity index (χ2v) is 6.77. The molecule has 0 unspecified atom stereocenters. The molecule has 0 aliphatic carbocycles. The van der Waals surface area contributed by atoms with Crippen LogP contribution in [0.4, 0.5) is 0 Å². The first-order valence-corrected chi connectivity index (χ1v) is 8.30. The molecule has 0 bridgehead atoms. The van der Waals surface area contributed by atoms with Crippen molar-refractivity contribution in [1.82, 2.24) is 14.3 Å². The lowest BCUT2D eigenvalue weighted by atomic mass is 10.2. The number of aromatic nitrogens is 2. The molecule has 0 saturated carbocycles. The van der Waals surface area contributed by atoms with Crippen molar-refractivity contribution >= 4 is 16.3 Å². The molecule has 2 heterocycles. The van der Waals surface area contributed by atoms with Crippen LogP contribution >= 0.6 is 11.3 Å². The molecule has 5 heteroatoms. The van der Waals surface area contributed by atoms with E-state index in [1.165, 1.54) is 16.1 Å². The maximum absolute atomic E-state index is 9.37. The van der Waals surface area contributed by atoms with Crippen molar-refractivity contribution in [3.8, 4) is 0 Å². The fourth-order valence-electron chi connectivity index (χ4n) is 2.71. The highest BCUT2D eigenvalue weighted by molar-refractivity contribution is 7.17. The van der Waals surface area contributed by atoms with E-state index in [0.717, 1.165) is 23.7 Å². The number of aliphatic hydroxyl groups is 1. The molecule has 0 aliphatic rings. The van der Waals surface area contributed by atoms with E-state index >= 15 is 0 Å². The van der Waals surface area contributed by atoms with Crippen molar-refractivity contribution in [2.24, 2.45) is 0 Å². The van der Waals surface area contributed by atoms with E-state index in [0.29, 0.717) is 6.54 Å². The fourth-order valence-corrected chi connectivity index (χ4v) is 3.60. The van der Waals surface area contributed by atoms with Gasteiger partial charge in [-0.25, -0.2) is 4.98 Å². The van der Waals surface area contributed by atoms with Gasteiger partial charge in [0.15, 0.2) is 4.96 Å². The first-order valence-electron chi connectivity index (χ1n) is 7.48. The summed E-state index contributed by atoms with van der Waals surface area (Å²) in [4.78, 5) is 9.22. The Bertz CT molecular complexity index is 748. The summed E-state index contributed by atoms with van der Waals surface area (Å²) in [5, 5.41) is 9.37. The number of aryl methyl sites for hydroxylation is 2. The van der Waals surface area contributed by atoms with Gasteiger partial charge in [0.05, 0.1) is 18.0 Å². The van der Waals surface area contributed by atoms with Gasteiger partial charge in [-0.3, -0.25) is 9.30 Å². The van der Waals surface area contributed by atoms with Crippen LogP contribution in [0.1, 0.15) is 21.8 Å². The van der Waals surface area contributed by atoms with E-state index in [9.17, 15) is 5.11 Å². The molecule has 0 fully saturated rings. The van der Waals surface area contributed by atoms with Crippen LogP contribution in [0.3, 0.4) is 0 Å². The molecule has 2 aromatic heterocycles. The number of benzene rings is 1. The van der Waals surface area contributed by atoms with E-state index in [2.05, 4.69) is 58.6 Å². The number of aliphatic hydroxyl groups excluding tert-OH is 1. The molecular weight excluding hydrogens is 294 g/mol. The molecule has 1 N–H and O–H groups in total. The summed E-state index contributed by atoms with van der Waals surface area (Å²) < 4.78 is 2.19. The van der Waals surface area contributed by atoms with Crippen LogP contribution in [0.5, 0.6) is 0 Å². The number of nitrogens with zero attached hydrogens (tertiary/aromatic N) is 3. The highest BCUT2D eigenvalue weighted by Gasteiger charge is 2.15. The molecule has 0 atom stereocenters. The van der Waals surface area contributed by atoms with Crippen LogP contribution in [0.15, 0.2) is 36.5 Å². The zero-order valence-electron chi connectivity index (χ0n) is 13.0. The molecule has 0 amide bonds. The van der Waals surface area contributed by atoms with Gasteiger partial charge in [0.1, 0.15) is 0 Å². The Morgan fingerprint density at radius 2 is 1.95 bits per heavy atom. The third kappa shape index (κ3) is 3.21. The number of hydrogen-bond donors (Lipinski definition) is 1. The average Bonchev–Trinajstić information content (AvgIpc) is 2.98. The summed E-state index contributed by atoms with van der Waals surface area (Å²) in [5.74, 6) is 0. The molecule has 0 aliphatic heterocycles.